The number of aliphatic hydroxyl groups is 1. The van der Waals surface area contributed by atoms with Crippen LogP contribution in [-0.4, -0.2) is 64.4 Å². The minimum atomic E-state index is -1.07. The summed E-state index contributed by atoms with van der Waals surface area (Å²) in [5, 5.41) is 21.9. The van der Waals surface area contributed by atoms with E-state index in [1.165, 1.54) is 4.90 Å². The molecular weight excluding hydrogens is 436 g/mol. The van der Waals surface area contributed by atoms with Crippen molar-refractivity contribution in [3.8, 4) is 11.1 Å². The zero-order valence-corrected chi connectivity index (χ0v) is 18.8. The van der Waals surface area contributed by atoms with Crippen molar-refractivity contribution in [1.82, 2.24) is 10.2 Å². The number of benzene rings is 2. The van der Waals surface area contributed by atoms with Gasteiger partial charge in [-0.3, -0.25) is 9.59 Å². The van der Waals surface area contributed by atoms with E-state index in [1.54, 1.807) is 6.08 Å². The van der Waals surface area contributed by atoms with Crippen molar-refractivity contribution in [2.24, 2.45) is 0 Å². The lowest BCUT2D eigenvalue weighted by Crippen LogP contribution is -2.66. The van der Waals surface area contributed by atoms with Gasteiger partial charge in [0.05, 0.1) is 13.1 Å². The second-order valence-electron chi connectivity index (χ2n) is 8.87. The van der Waals surface area contributed by atoms with Crippen LogP contribution in [-0.2, 0) is 14.3 Å². The summed E-state index contributed by atoms with van der Waals surface area (Å²) < 4.78 is 5.51. The highest BCUT2D eigenvalue weighted by Gasteiger charge is 2.44. The maximum Gasteiger partial charge on any atom is 0.407 e. The first kappa shape index (κ1) is 23.5. The Hall–Kier alpha value is -3.65. The van der Waals surface area contributed by atoms with Crippen LogP contribution in [0.4, 0.5) is 4.79 Å². The number of nitrogens with zero attached hydrogens (tertiary/aromatic N) is 1. The van der Waals surface area contributed by atoms with Crippen molar-refractivity contribution in [2.45, 2.75) is 36.8 Å². The summed E-state index contributed by atoms with van der Waals surface area (Å²) in [6.45, 7) is 3.90. The highest BCUT2D eigenvalue weighted by Crippen LogP contribution is 2.44. The molecule has 1 fully saturated rings. The normalized spacial score (nSPS) is 16.6. The molecule has 34 heavy (non-hydrogen) atoms. The summed E-state index contributed by atoms with van der Waals surface area (Å²) in [6, 6.07) is 14.9. The Morgan fingerprint density at radius 2 is 1.71 bits per heavy atom. The van der Waals surface area contributed by atoms with Gasteiger partial charge in [-0.2, -0.15) is 0 Å². The van der Waals surface area contributed by atoms with Gasteiger partial charge in [-0.1, -0.05) is 54.6 Å². The third-order valence-corrected chi connectivity index (χ3v) is 6.39. The van der Waals surface area contributed by atoms with E-state index < -0.39 is 29.6 Å². The lowest BCUT2D eigenvalue weighted by molar-refractivity contribution is -0.157. The number of carbonyl (C=O) groups is 3. The van der Waals surface area contributed by atoms with Crippen LogP contribution in [0.15, 0.2) is 61.2 Å². The van der Waals surface area contributed by atoms with Gasteiger partial charge in [0.2, 0.25) is 5.91 Å². The zero-order chi connectivity index (χ0) is 24.3. The van der Waals surface area contributed by atoms with Crippen molar-refractivity contribution in [3.05, 3.63) is 72.3 Å². The zero-order valence-electron chi connectivity index (χ0n) is 18.8. The van der Waals surface area contributed by atoms with Crippen LogP contribution in [0.1, 0.15) is 36.3 Å². The Bertz CT molecular complexity index is 1060. The highest BCUT2D eigenvalue weighted by molar-refractivity contribution is 5.87. The lowest BCUT2D eigenvalue weighted by Gasteiger charge is -2.47. The van der Waals surface area contributed by atoms with Crippen LogP contribution in [0, 0.1) is 0 Å². The monoisotopic (exact) mass is 464 g/mol. The molecule has 0 saturated carbocycles. The minimum absolute atomic E-state index is 0.0747. The Balaban J connectivity index is 1.40. The van der Waals surface area contributed by atoms with Gasteiger partial charge in [0.25, 0.3) is 0 Å². The fourth-order valence-electron chi connectivity index (χ4n) is 4.75. The molecule has 1 aliphatic heterocycles. The van der Waals surface area contributed by atoms with Crippen molar-refractivity contribution >= 4 is 18.0 Å². The molecule has 8 heteroatoms. The average molecular weight is 465 g/mol. The number of hydrogen-bond acceptors (Lipinski definition) is 5. The van der Waals surface area contributed by atoms with Gasteiger partial charge < -0.3 is 25.2 Å². The van der Waals surface area contributed by atoms with E-state index in [2.05, 4.69) is 11.9 Å². The van der Waals surface area contributed by atoms with E-state index >= 15 is 0 Å². The number of alkyl carbamates (subject to hydrolysis) is 1. The van der Waals surface area contributed by atoms with Gasteiger partial charge >= 0.3 is 12.1 Å². The molecule has 0 spiro atoms. The number of ether oxygens (including phenoxy) is 1. The van der Waals surface area contributed by atoms with Crippen LogP contribution in [0.2, 0.25) is 0 Å². The number of rotatable bonds is 9. The third-order valence-electron chi connectivity index (χ3n) is 6.39. The van der Waals surface area contributed by atoms with Crippen LogP contribution in [0.25, 0.3) is 11.1 Å². The highest BCUT2D eigenvalue weighted by atomic mass is 16.5. The van der Waals surface area contributed by atoms with E-state index in [0.717, 1.165) is 22.3 Å². The van der Waals surface area contributed by atoms with Crippen molar-refractivity contribution in [3.63, 3.8) is 0 Å². The Morgan fingerprint density at radius 1 is 1.12 bits per heavy atom. The SMILES string of the molecule is C=CCC1(O)CN(C(=O)C(CCC(=O)O)NC(=O)OCC2c3ccccc3-c3ccccc32)C1. The van der Waals surface area contributed by atoms with Crippen molar-refractivity contribution in [1.29, 1.82) is 0 Å². The average Bonchev–Trinajstić information content (AvgIpc) is 3.12. The fourth-order valence-corrected chi connectivity index (χ4v) is 4.75. The summed E-state index contributed by atoms with van der Waals surface area (Å²) in [5.41, 5.74) is 3.31. The molecule has 8 nitrogen and oxygen atoms in total. The molecule has 2 amide bonds. The summed E-state index contributed by atoms with van der Waals surface area (Å²) in [5.74, 6) is -1.64. The van der Waals surface area contributed by atoms with E-state index in [1.807, 2.05) is 48.5 Å². The van der Waals surface area contributed by atoms with Crippen molar-refractivity contribution < 1.29 is 29.3 Å². The fraction of sp³-hybridized carbons (Fsp3) is 0.346. The second-order valence-corrected chi connectivity index (χ2v) is 8.87. The lowest BCUT2D eigenvalue weighted by atomic mass is 9.89. The molecule has 2 aliphatic rings. The number of hydrogen-bond donors (Lipinski definition) is 3. The molecule has 2 aromatic rings. The van der Waals surface area contributed by atoms with E-state index in [0.29, 0.717) is 6.42 Å². The van der Waals surface area contributed by atoms with Gasteiger partial charge in [-0.05, 0) is 35.1 Å². The van der Waals surface area contributed by atoms with E-state index in [-0.39, 0.29) is 38.5 Å². The number of aliphatic carboxylic acids is 1. The summed E-state index contributed by atoms with van der Waals surface area (Å²) in [4.78, 5) is 38.0. The maximum absolute atomic E-state index is 12.9. The topological polar surface area (TPSA) is 116 Å². The molecular formula is C26H28N2O6. The molecule has 1 unspecified atom stereocenters. The first-order valence-electron chi connectivity index (χ1n) is 11.3. The minimum Gasteiger partial charge on any atom is -0.481 e. The number of β-amino-alcohol motifs (C(OH)–C–C–N with tert-alkyl or cyclic N) is 1. The van der Waals surface area contributed by atoms with E-state index in [9.17, 15) is 19.5 Å². The number of carbonyl (C=O) groups excluding carboxylic acids is 2. The number of likely N-dealkylation sites (tertiary alicyclic amines) is 1. The quantitative estimate of drug-likeness (QED) is 0.492. The van der Waals surface area contributed by atoms with Crippen molar-refractivity contribution in [2.75, 3.05) is 19.7 Å². The maximum atomic E-state index is 12.9. The molecule has 2 aromatic carbocycles. The first-order chi connectivity index (χ1) is 16.3. The first-order valence-corrected chi connectivity index (χ1v) is 11.3. The van der Waals surface area contributed by atoms with E-state index in [4.69, 9.17) is 9.84 Å². The molecule has 0 bridgehead atoms. The Morgan fingerprint density at radius 3 is 2.26 bits per heavy atom. The van der Waals surface area contributed by atoms with Crippen LogP contribution < -0.4 is 5.32 Å². The van der Waals surface area contributed by atoms with Crippen LogP contribution in [0.5, 0.6) is 0 Å². The Kier molecular flexibility index (Phi) is 6.70. The molecule has 1 aliphatic carbocycles. The third kappa shape index (κ3) is 4.82. The number of carboxylic acid groups (broad SMARTS) is 1. The Labute approximate surface area is 197 Å². The van der Waals surface area contributed by atoms with Gasteiger partial charge in [0.1, 0.15) is 18.2 Å². The predicted molar refractivity (Wildman–Crippen MR) is 125 cm³/mol. The number of fused-ring (bicyclic) bond motifs is 3. The summed E-state index contributed by atoms with van der Waals surface area (Å²) in [6.07, 6.45) is 0.779. The van der Waals surface area contributed by atoms with Gasteiger partial charge in [0, 0.05) is 12.3 Å². The standard InChI is InChI=1S/C26H28N2O6/c1-2-13-26(33)15-28(16-26)24(31)22(11-12-23(29)30)27-25(32)34-14-21-19-9-5-3-7-17(19)18-8-4-6-10-20(18)21/h2-10,21-22,33H,1,11-16H2,(H,27,32)(H,29,30). The summed E-state index contributed by atoms with van der Waals surface area (Å²) >= 11 is 0. The molecule has 0 radical (unpaired) electrons. The number of carboxylic acids is 1. The predicted octanol–water partition coefficient (Wildman–Crippen LogP) is 2.91. The van der Waals surface area contributed by atoms with Gasteiger partial charge in [-0.15, -0.1) is 6.58 Å². The van der Waals surface area contributed by atoms with Crippen LogP contribution in [0.3, 0.4) is 0 Å². The molecule has 3 N–H and O–H groups in total. The van der Waals surface area contributed by atoms with Crippen LogP contribution >= 0.6 is 0 Å². The van der Waals surface area contributed by atoms with Gasteiger partial charge in [0.15, 0.2) is 0 Å². The summed E-state index contributed by atoms with van der Waals surface area (Å²) in [7, 11) is 0. The molecule has 0 aromatic heterocycles. The molecule has 4 rings (SSSR count). The molecule has 1 saturated heterocycles. The largest absolute Gasteiger partial charge is 0.481 e. The molecule has 178 valence electrons. The van der Waals surface area contributed by atoms with Gasteiger partial charge in [-0.25, -0.2) is 4.79 Å². The molecule has 1 heterocycles. The number of amides is 2. The number of nitrogens with one attached hydrogen (secondary N) is 1. The smallest absolute Gasteiger partial charge is 0.407 e. The molecule has 1 atom stereocenters. The second kappa shape index (κ2) is 9.69.